The molecular formula is C12H18N2O2. The van der Waals surface area contributed by atoms with Gasteiger partial charge in [-0.2, -0.15) is 0 Å². The predicted molar refractivity (Wildman–Crippen MR) is 61.8 cm³/mol. The van der Waals surface area contributed by atoms with E-state index in [1.807, 2.05) is 26.0 Å². The largest absolute Gasteiger partial charge is 0.465 e. The summed E-state index contributed by atoms with van der Waals surface area (Å²) in [7, 11) is 0. The zero-order chi connectivity index (χ0) is 12.0. The normalized spacial score (nSPS) is 11.2. The van der Waals surface area contributed by atoms with Crippen molar-refractivity contribution >= 4 is 5.97 Å². The van der Waals surface area contributed by atoms with Crippen molar-refractivity contribution in [3.05, 3.63) is 30.1 Å². The fourth-order valence-electron chi connectivity index (χ4n) is 1.21. The third-order valence-corrected chi connectivity index (χ3v) is 2.27. The van der Waals surface area contributed by atoms with Gasteiger partial charge in [-0.1, -0.05) is 0 Å². The van der Waals surface area contributed by atoms with Gasteiger partial charge in [0, 0.05) is 18.9 Å². The Labute approximate surface area is 96.0 Å². The van der Waals surface area contributed by atoms with E-state index in [9.17, 15) is 4.79 Å². The van der Waals surface area contributed by atoms with Gasteiger partial charge in [-0.05, 0) is 38.5 Å². The number of hydrogen-bond donors (Lipinski definition) is 1. The molecule has 0 aliphatic heterocycles. The van der Waals surface area contributed by atoms with E-state index < -0.39 is 5.54 Å². The molecule has 1 aromatic rings. The van der Waals surface area contributed by atoms with Crippen LogP contribution in [0.25, 0.3) is 0 Å². The third kappa shape index (κ3) is 3.62. The topological polar surface area (TPSA) is 51.2 Å². The highest BCUT2D eigenvalue weighted by molar-refractivity contribution is 5.79. The fourth-order valence-corrected chi connectivity index (χ4v) is 1.21. The molecule has 0 fully saturated rings. The number of nitrogens with one attached hydrogen (secondary N) is 1. The van der Waals surface area contributed by atoms with Gasteiger partial charge < -0.3 is 4.74 Å². The number of esters is 1. The highest BCUT2D eigenvalue weighted by atomic mass is 16.5. The van der Waals surface area contributed by atoms with E-state index >= 15 is 0 Å². The maximum atomic E-state index is 11.6. The monoisotopic (exact) mass is 222 g/mol. The standard InChI is InChI=1S/C12H18N2O2/c1-4-16-11(15)12(2,3)14-9-10-5-7-13-8-6-10/h5-8,14H,4,9H2,1-3H3. The Morgan fingerprint density at radius 3 is 2.62 bits per heavy atom. The van der Waals surface area contributed by atoms with Crippen molar-refractivity contribution in [3.63, 3.8) is 0 Å². The molecule has 0 aliphatic rings. The molecule has 1 N–H and O–H groups in total. The van der Waals surface area contributed by atoms with Gasteiger partial charge in [0.2, 0.25) is 0 Å². The number of rotatable bonds is 5. The molecule has 0 aromatic carbocycles. The molecule has 0 bridgehead atoms. The second kappa shape index (κ2) is 5.61. The molecule has 16 heavy (non-hydrogen) atoms. The molecule has 4 heteroatoms. The quantitative estimate of drug-likeness (QED) is 0.767. The summed E-state index contributed by atoms with van der Waals surface area (Å²) in [4.78, 5) is 15.5. The summed E-state index contributed by atoms with van der Waals surface area (Å²) in [6.07, 6.45) is 3.46. The van der Waals surface area contributed by atoms with E-state index in [4.69, 9.17) is 4.74 Å². The first-order valence-corrected chi connectivity index (χ1v) is 5.37. The van der Waals surface area contributed by atoms with Crippen molar-refractivity contribution in [2.75, 3.05) is 6.61 Å². The lowest BCUT2D eigenvalue weighted by atomic mass is 10.1. The zero-order valence-electron chi connectivity index (χ0n) is 9.99. The van der Waals surface area contributed by atoms with Crippen molar-refractivity contribution in [1.82, 2.24) is 10.3 Å². The number of pyridine rings is 1. The molecule has 0 saturated carbocycles. The van der Waals surface area contributed by atoms with Crippen LogP contribution < -0.4 is 5.32 Å². The first-order valence-electron chi connectivity index (χ1n) is 5.37. The van der Waals surface area contributed by atoms with Crippen LogP contribution in [0.2, 0.25) is 0 Å². The minimum atomic E-state index is -0.667. The molecule has 0 radical (unpaired) electrons. The average molecular weight is 222 g/mol. The first kappa shape index (κ1) is 12.6. The maximum Gasteiger partial charge on any atom is 0.325 e. The number of aromatic nitrogens is 1. The van der Waals surface area contributed by atoms with Crippen LogP contribution in [0.15, 0.2) is 24.5 Å². The third-order valence-electron chi connectivity index (χ3n) is 2.27. The minimum Gasteiger partial charge on any atom is -0.465 e. The number of nitrogens with zero attached hydrogens (tertiary/aromatic N) is 1. The summed E-state index contributed by atoms with van der Waals surface area (Å²) >= 11 is 0. The molecule has 0 saturated heterocycles. The van der Waals surface area contributed by atoms with Crippen LogP contribution in [0.5, 0.6) is 0 Å². The molecule has 1 aromatic heterocycles. The summed E-state index contributed by atoms with van der Waals surface area (Å²) in [5.41, 5.74) is 0.423. The van der Waals surface area contributed by atoms with E-state index in [1.54, 1.807) is 19.3 Å². The van der Waals surface area contributed by atoms with Crippen molar-refractivity contribution < 1.29 is 9.53 Å². The molecule has 0 aliphatic carbocycles. The van der Waals surface area contributed by atoms with Crippen molar-refractivity contribution in [1.29, 1.82) is 0 Å². The van der Waals surface area contributed by atoms with E-state index in [2.05, 4.69) is 10.3 Å². The van der Waals surface area contributed by atoms with E-state index in [0.717, 1.165) is 5.56 Å². The van der Waals surface area contributed by atoms with Gasteiger partial charge in [-0.3, -0.25) is 15.1 Å². The maximum absolute atomic E-state index is 11.6. The van der Waals surface area contributed by atoms with Crippen LogP contribution in [0, 0.1) is 0 Å². The molecular weight excluding hydrogens is 204 g/mol. The van der Waals surface area contributed by atoms with E-state index in [-0.39, 0.29) is 5.97 Å². The number of hydrogen-bond acceptors (Lipinski definition) is 4. The molecule has 0 unspecified atom stereocenters. The van der Waals surface area contributed by atoms with Crippen molar-refractivity contribution in [2.24, 2.45) is 0 Å². The summed E-state index contributed by atoms with van der Waals surface area (Å²) in [5.74, 6) is -0.232. The lowest BCUT2D eigenvalue weighted by Gasteiger charge is -2.23. The Kier molecular flexibility index (Phi) is 4.43. The number of ether oxygens (including phenoxy) is 1. The number of carbonyl (C=O) groups excluding carboxylic acids is 1. The molecule has 4 nitrogen and oxygen atoms in total. The van der Waals surface area contributed by atoms with Crippen LogP contribution in [-0.4, -0.2) is 23.1 Å². The van der Waals surface area contributed by atoms with Gasteiger partial charge in [0.1, 0.15) is 5.54 Å². The molecule has 0 amide bonds. The lowest BCUT2D eigenvalue weighted by Crippen LogP contribution is -2.47. The number of carbonyl (C=O) groups is 1. The molecule has 0 spiro atoms. The predicted octanol–water partition coefficient (Wildman–Crippen LogP) is 1.51. The average Bonchev–Trinajstić information content (AvgIpc) is 2.28. The Bertz CT molecular complexity index is 336. The zero-order valence-corrected chi connectivity index (χ0v) is 9.99. The highest BCUT2D eigenvalue weighted by Crippen LogP contribution is 2.07. The Balaban J connectivity index is 2.51. The second-order valence-corrected chi connectivity index (χ2v) is 4.05. The van der Waals surface area contributed by atoms with E-state index in [1.165, 1.54) is 0 Å². The SMILES string of the molecule is CCOC(=O)C(C)(C)NCc1ccncc1. The van der Waals surface area contributed by atoms with Gasteiger partial charge in [0.05, 0.1) is 6.61 Å². The Morgan fingerprint density at radius 2 is 2.06 bits per heavy atom. The van der Waals surface area contributed by atoms with Crippen LogP contribution in [-0.2, 0) is 16.1 Å². The molecule has 1 rings (SSSR count). The lowest BCUT2D eigenvalue weighted by molar-refractivity contribution is -0.149. The second-order valence-electron chi connectivity index (χ2n) is 4.05. The van der Waals surface area contributed by atoms with E-state index in [0.29, 0.717) is 13.2 Å². The van der Waals surface area contributed by atoms with Crippen LogP contribution in [0.3, 0.4) is 0 Å². The van der Waals surface area contributed by atoms with Gasteiger partial charge >= 0.3 is 5.97 Å². The molecule has 0 atom stereocenters. The van der Waals surface area contributed by atoms with Crippen LogP contribution in [0.1, 0.15) is 26.3 Å². The van der Waals surface area contributed by atoms with Crippen molar-refractivity contribution in [2.45, 2.75) is 32.9 Å². The van der Waals surface area contributed by atoms with Crippen LogP contribution in [0.4, 0.5) is 0 Å². The summed E-state index contributed by atoms with van der Waals surface area (Å²) in [5, 5.41) is 3.16. The van der Waals surface area contributed by atoms with Gasteiger partial charge in [0.15, 0.2) is 0 Å². The van der Waals surface area contributed by atoms with Gasteiger partial charge in [-0.25, -0.2) is 0 Å². The van der Waals surface area contributed by atoms with Gasteiger partial charge in [-0.15, -0.1) is 0 Å². The summed E-state index contributed by atoms with van der Waals surface area (Å²) in [6.45, 7) is 6.45. The van der Waals surface area contributed by atoms with Crippen molar-refractivity contribution in [3.8, 4) is 0 Å². The summed E-state index contributed by atoms with van der Waals surface area (Å²) in [6, 6.07) is 3.82. The fraction of sp³-hybridized carbons (Fsp3) is 0.500. The molecule has 1 heterocycles. The minimum absolute atomic E-state index is 0.232. The Morgan fingerprint density at radius 1 is 1.44 bits per heavy atom. The molecule has 88 valence electrons. The first-order chi connectivity index (χ1) is 7.56. The van der Waals surface area contributed by atoms with Crippen LogP contribution >= 0.6 is 0 Å². The Hall–Kier alpha value is -1.42. The highest BCUT2D eigenvalue weighted by Gasteiger charge is 2.28. The summed E-state index contributed by atoms with van der Waals surface area (Å²) < 4.78 is 4.98. The van der Waals surface area contributed by atoms with Gasteiger partial charge in [0.25, 0.3) is 0 Å². The smallest absolute Gasteiger partial charge is 0.325 e.